The Bertz CT molecular complexity index is 665. The zero-order valence-corrected chi connectivity index (χ0v) is 13.3. The van der Waals surface area contributed by atoms with Crippen LogP contribution in [-0.4, -0.2) is 61.1 Å². The van der Waals surface area contributed by atoms with Crippen molar-refractivity contribution in [3.05, 3.63) is 35.6 Å². The van der Waals surface area contributed by atoms with Crippen LogP contribution in [0.25, 0.3) is 0 Å². The average molecular weight is 330 g/mol. The van der Waals surface area contributed by atoms with E-state index in [0.29, 0.717) is 12.0 Å². The topological polar surface area (TPSA) is 77.9 Å². The summed E-state index contributed by atoms with van der Waals surface area (Å²) in [6, 6.07) is 5.40. The van der Waals surface area contributed by atoms with Crippen LogP contribution in [0.15, 0.2) is 24.3 Å². The predicted octanol–water partition coefficient (Wildman–Crippen LogP) is 0.351. The predicted molar refractivity (Wildman–Crippen MR) is 79.0 cm³/mol. The summed E-state index contributed by atoms with van der Waals surface area (Å²) in [4.78, 5) is 13.7. The van der Waals surface area contributed by atoms with Crippen LogP contribution in [0.2, 0.25) is 0 Å². The summed E-state index contributed by atoms with van der Waals surface area (Å²) < 4.78 is 37.1. The van der Waals surface area contributed by atoms with Crippen LogP contribution in [-0.2, 0) is 14.8 Å². The van der Waals surface area contributed by atoms with Crippen molar-refractivity contribution in [2.75, 3.05) is 26.4 Å². The molecule has 2 atom stereocenters. The number of halogens is 1. The molecule has 0 unspecified atom stereocenters. The van der Waals surface area contributed by atoms with Gasteiger partial charge < -0.3 is 10.0 Å². The average Bonchev–Trinajstić information content (AvgIpc) is 2.80. The van der Waals surface area contributed by atoms with Gasteiger partial charge in [0, 0.05) is 13.6 Å². The highest BCUT2D eigenvalue weighted by atomic mass is 32.2. The molecule has 0 aliphatic carbocycles. The maximum absolute atomic E-state index is 13.4. The van der Waals surface area contributed by atoms with Crippen molar-refractivity contribution in [1.82, 2.24) is 9.21 Å². The monoisotopic (exact) mass is 330 g/mol. The lowest BCUT2D eigenvalue weighted by Crippen LogP contribution is -2.41. The molecule has 0 saturated carbocycles. The quantitative estimate of drug-likeness (QED) is 0.864. The standard InChI is InChI=1S/C14H19FN2O4S/c1-16(22(2,20)21)9-14(19)17-8-12(18)7-13(17)10-4-3-5-11(15)6-10/h3-6,12-13,18H,7-9H2,1-2H3/t12-,13+/m0/s1. The van der Waals surface area contributed by atoms with Crippen LogP contribution >= 0.6 is 0 Å². The Kier molecular flexibility index (Phi) is 4.84. The van der Waals surface area contributed by atoms with Gasteiger partial charge in [-0.1, -0.05) is 12.1 Å². The first-order chi connectivity index (χ1) is 10.2. The number of carbonyl (C=O) groups excluding carboxylic acids is 1. The third-order valence-corrected chi connectivity index (χ3v) is 5.02. The van der Waals surface area contributed by atoms with E-state index in [1.54, 1.807) is 12.1 Å². The fourth-order valence-electron chi connectivity index (χ4n) is 2.52. The second-order valence-corrected chi connectivity index (χ2v) is 7.61. The van der Waals surface area contributed by atoms with Gasteiger partial charge in [-0.3, -0.25) is 4.79 Å². The molecule has 0 radical (unpaired) electrons. The second kappa shape index (κ2) is 6.31. The molecule has 122 valence electrons. The molecule has 1 N–H and O–H groups in total. The number of hydrogen-bond acceptors (Lipinski definition) is 4. The van der Waals surface area contributed by atoms with Crippen LogP contribution in [0.3, 0.4) is 0 Å². The highest BCUT2D eigenvalue weighted by Crippen LogP contribution is 2.32. The normalized spacial score (nSPS) is 22.3. The smallest absolute Gasteiger partial charge is 0.238 e. The molecule has 0 spiro atoms. The number of amides is 1. The fourth-order valence-corrected chi connectivity index (χ4v) is 2.86. The van der Waals surface area contributed by atoms with Gasteiger partial charge in [-0.05, 0) is 24.1 Å². The van der Waals surface area contributed by atoms with E-state index in [0.717, 1.165) is 10.6 Å². The zero-order chi connectivity index (χ0) is 16.5. The van der Waals surface area contributed by atoms with Crippen molar-refractivity contribution < 1.29 is 22.7 Å². The number of likely N-dealkylation sites (N-methyl/N-ethyl adjacent to an activating group) is 1. The molecular weight excluding hydrogens is 311 g/mol. The van der Waals surface area contributed by atoms with Crippen molar-refractivity contribution in [3.63, 3.8) is 0 Å². The Morgan fingerprint density at radius 1 is 1.50 bits per heavy atom. The summed E-state index contributed by atoms with van der Waals surface area (Å²) in [6.07, 6.45) is 0.613. The van der Waals surface area contributed by atoms with E-state index in [4.69, 9.17) is 0 Å². The maximum atomic E-state index is 13.4. The SMILES string of the molecule is CN(CC(=O)N1C[C@@H](O)C[C@@H]1c1cccc(F)c1)S(C)(=O)=O. The number of aliphatic hydroxyl groups excluding tert-OH is 1. The first-order valence-electron chi connectivity index (χ1n) is 6.83. The number of β-amino-alcohol motifs (C(OH)–C–C–N with tert-alkyl or cyclic N) is 1. The molecule has 1 aliphatic heterocycles. The summed E-state index contributed by atoms with van der Waals surface area (Å²) in [5.74, 6) is -0.835. The Morgan fingerprint density at radius 3 is 2.77 bits per heavy atom. The van der Waals surface area contributed by atoms with Crippen LogP contribution in [0.5, 0.6) is 0 Å². The van der Waals surface area contributed by atoms with Crippen LogP contribution < -0.4 is 0 Å². The number of rotatable bonds is 4. The van der Waals surface area contributed by atoms with Crippen molar-refractivity contribution in [2.24, 2.45) is 0 Å². The first-order valence-corrected chi connectivity index (χ1v) is 8.67. The largest absolute Gasteiger partial charge is 0.391 e. The minimum Gasteiger partial charge on any atom is -0.391 e. The summed E-state index contributed by atoms with van der Waals surface area (Å²) in [6.45, 7) is -0.199. The molecule has 22 heavy (non-hydrogen) atoms. The lowest BCUT2D eigenvalue weighted by atomic mass is 10.0. The van der Waals surface area contributed by atoms with Crippen molar-refractivity contribution >= 4 is 15.9 Å². The van der Waals surface area contributed by atoms with Gasteiger partial charge in [-0.15, -0.1) is 0 Å². The molecule has 1 amide bonds. The van der Waals surface area contributed by atoms with Gasteiger partial charge >= 0.3 is 0 Å². The number of hydrogen-bond donors (Lipinski definition) is 1. The highest BCUT2D eigenvalue weighted by Gasteiger charge is 2.36. The molecular formula is C14H19FN2O4S. The number of nitrogens with zero attached hydrogens (tertiary/aromatic N) is 2. The maximum Gasteiger partial charge on any atom is 0.238 e. The molecule has 1 heterocycles. The van der Waals surface area contributed by atoms with Gasteiger partial charge in [0.05, 0.1) is 24.9 Å². The van der Waals surface area contributed by atoms with Crippen LogP contribution in [0, 0.1) is 5.82 Å². The lowest BCUT2D eigenvalue weighted by molar-refractivity contribution is -0.132. The van der Waals surface area contributed by atoms with Gasteiger partial charge in [0.25, 0.3) is 0 Å². The minimum absolute atomic E-state index is 0.109. The molecule has 1 aliphatic rings. The second-order valence-electron chi connectivity index (χ2n) is 5.53. The van der Waals surface area contributed by atoms with Gasteiger partial charge in [0.15, 0.2) is 0 Å². The zero-order valence-electron chi connectivity index (χ0n) is 12.4. The molecule has 0 bridgehead atoms. The van der Waals surface area contributed by atoms with E-state index in [1.807, 2.05) is 0 Å². The number of carbonyl (C=O) groups is 1. The van der Waals surface area contributed by atoms with E-state index < -0.39 is 33.9 Å². The third-order valence-electron chi connectivity index (χ3n) is 3.76. The number of aliphatic hydroxyl groups is 1. The van der Waals surface area contributed by atoms with Crippen LogP contribution in [0.4, 0.5) is 4.39 Å². The molecule has 1 aromatic carbocycles. The highest BCUT2D eigenvalue weighted by molar-refractivity contribution is 7.88. The molecule has 0 aromatic heterocycles. The van der Waals surface area contributed by atoms with Gasteiger partial charge in [0.2, 0.25) is 15.9 Å². The molecule has 1 aromatic rings. The molecule has 1 saturated heterocycles. The van der Waals surface area contributed by atoms with E-state index in [2.05, 4.69) is 0 Å². The van der Waals surface area contributed by atoms with Crippen molar-refractivity contribution in [2.45, 2.75) is 18.6 Å². The summed E-state index contributed by atoms with van der Waals surface area (Å²) in [7, 11) is -2.15. The van der Waals surface area contributed by atoms with Crippen molar-refractivity contribution in [1.29, 1.82) is 0 Å². The van der Waals surface area contributed by atoms with E-state index in [-0.39, 0.29) is 13.1 Å². The Balaban J connectivity index is 2.19. The number of sulfonamides is 1. The first kappa shape index (κ1) is 16.9. The lowest BCUT2D eigenvalue weighted by Gasteiger charge is -2.26. The van der Waals surface area contributed by atoms with E-state index in [1.165, 1.54) is 24.1 Å². The minimum atomic E-state index is -3.47. The Morgan fingerprint density at radius 2 is 2.18 bits per heavy atom. The Hall–Kier alpha value is -1.51. The number of benzene rings is 1. The summed E-state index contributed by atoms with van der Waals surface area (Å²) in [5, 5.41) is 9.82. The van der Waals surface area contributed by atoms with Crippen LogP contribution in [0.1, 0.15) is 18.0 Å². The Labute approximate surface area is 129 Å². The van der Waals surface area contributed by atoms with Gasteiger partial charge in [-0.2, -0.15) is 4.31 Å². The fraction of sp³-hybridized carbons (Fsp3) is 0.500. The molecule has 1 fully saturated rings. The van der Waals surface area contributed by atoms with Gasteiger partial charge in [-0.25, -0.2) is 12.8 Å². The molecule has 2 rings (SSSR count). The third kappa shape index (κ3) is 3.82. The molecule has 8 heteroatoms. The number of likely N-dealkylation sites (tertiary alicyclic amines) is 1. The van der Waals surface area contributed by atoms with Crippen molar-refractivity contribution in [3.8, 4) is 0 Å². The summed E-state index contributed by atoms with van der Waals surface area (Å²) >= 11 is 0. The molecule has 6 nitrogen and oxygen atoms in total. The van der Waals surface area contributed by atoms with E-state index >= 15 is 0 Å². The van der Waals surface area contributed by atoms with Gasteiger partial charge in [0.1, 0.15) is 5.82 Å². The summed E-state index contributed by atoms with van der Waals surface area (Å²) in [5.41, 5.74) is 0.590. The van der Waals surface area contributed by atoms with E-state index in [9.17, 15) is 22.7 Å².